The number of hydrogen-bond acceptors (Lipinski definition) is 7. The molecule has 1 saturated heterocycles. The zero-order chi connectivity index (χ0) is 22.5. The minimum Gasteiger partial charge on any atom is -0.497 e. The number of nitrogens with zero attached hydrogens (tertiary/aromatic N) is 5. The maximum atomic E-state index is 12.8. The van der Waals surface area contributed by atoms with Crippen LogP contribution in [0.1, 0.15) is 38.5 Å². The number of piperazine rings is 1. The SMILES string of the molecule is COc1ccc(-c2noc(CN3CCN(CC(=O)N(C)C4CCC(C)CC4)CC3)n2)cc1. The highest BCUT2D eigenvalue weighted by Gasteiger charge is 2.27. The van der Waals surface area contributed by atoms with Crippen LogP contribution in [-0.4, -0.2) is 83.7 Å². The Morgan fingerprint density at radius 2 is 1.75 bits per heavy atom. The van der Waals surface area contributed by atoms with Crippen LogP contribution in [0.4, 0.5) is 0 Å². The summed E-state index contributed by atoms with van der Waals surface area (Å²) < 4.78 is 10.7. The van der Waals surface area contributed by atoms with Crippen LogP contribution in [0.15, 0.2) is 28.8 Å². The summed E-state index contributed by atoms with van der Waals surface area (Å²) in [6.45, 7) is 6.98. The summed E-state index contributed by atoms with van der Waals surface area (Å²) in [4.78, 5) is 23.9. The number of ether oxygens (including phenoxy) is 1. The van der Waals surface area contributed by atoms with Crippen molar-refractivity contribution in [1.82, 2.24) is 24.8 Å². The lowest BCUT2D eigenvalue weighted by atomic mass is 9.87. The van der Waals surface area contributed by atoms with Gasteiger partial charge in [-0.3, -0.25) is 14.6 Å². The highest BCUT2D eigenvalue weighted by atomic mass is 16.5. The molecule has 174 valence electrons. The van der Waals surface area contributed by atoms with Crippen LogP contribution in [0.3, 0.4) is 0 Å². The Morgan fingerprint density at radius 3 is 2.41 bits per heavy atom. The minimum atomic E-state index is 0.249. The maximum Gasteiger partial charge on any atom is 0.241 e. The molecular formula is C24H35N5O3. The van der Waals surface area contributed by atoms with Gasteiger partial charge in [-0.2, -0.15) is 4.98 Å². The van der Waals surface area contributed by atoms with Gasteiger partial charge in [0.15, 0.2) is 0 Å². The summed E-state index contributed by atoms with van der Waals surface area (Å²) in [6.07, 6.45) is 4.74. The lowest BCUT2D eigenvalue weighted by Crippen LogP contribution is -2.50. The van der Waals surface area contributed by atoms with Gasteiger partial charge in [0.2, 0.25) is 17.6 Å². The van der Waals surface area contributed by atoms with Gasteiger partial charge >= 0.3 is 0 Å². The molecule has 32 heavy (non-hydrogen) atoms. The van der Waals surface area contributed by atoms with E-state index in [1.807, 2.05) is 36.2 Å². The van der Waals surface area contributed by atoms with Crippen molar-refractivity contribution in [3.63, 3.8) is 0 Å². The number of carbonyl (C=O) groups is 1. The third kappa shape index (κ3) is 5.66. The van der Waals surface area contributed by atoms with Crippen LogP contribution >= 0.6 is 0 Å². The van der Waals surface area contributed by atoms with Crippen LogP contribution in [0.2, 0.25) is 0 Å². The highest BCUT2D eigenvalue weighted by molar-refractivity contribution is 5.78. The third-order valence-electron chi connectivity index (χ3n) is 6.93. The van der Waals surface area contributed by atoms with Gasteiger partial charge in [0, 0.05) is 44.8 Å². The fraction of sp³-hybridized carbons (Fsp3) is 0.625. The first-order valence-corrected chi connectivity index (χ1v) is 11.7. The van der Waals surface area contributed by atoms with Crippen LogP contribution in [0.25, 0.3) is 11.4 Å². The van der Waals surface area contributed by atoms with Gasteiger partial charge < -0.3 is 14.2 Å². The van der Waals surface area contributed by atoms with Crippen molar-refractivity contribution in [2.45, 2.75) is 45.2 Å². The molecular weight excluding hydrogens is 406 g/mol. The monoisotopic (exact) mass is 441 g/mol. The topological polar surface area (TPSA) is 74.9 Å². The predicted octanol–water partition coefficient (Wildman–Crippen LogP) is 2.90. The first-order chi connectivity index (χ1) is 15.5. The number of rotatable bonds is 7. The Bertz CT molecular complexity index is 868. The average molecular weight is 442 g/mol. The van der Waals surface area contributed by atoms with E-state index in [4.69, 9.17) is 9.26 Å². The zero-order valence-electron chi connectivity index (χ0n) is 19.5. The van der Waals surface area contributed by atoms with Crippen molar-refractivity contribution in [1.29, 1.82) is 0 Å². The molecule has 0 radical (unpaired) electrons. The number of aromatic nitrogens is 2. The van der Waals surface area contributed by atoms with Gasteiger partial charge in [0.05, 0.1) is 20.2 Å². The second-order valence-electron chi connectivity index (χ2n) is 9.21. The summed E-state index contributed by atoms with van der Waals surface area (Å²) in [5.74, 6) is 3.06. The van der Waals surface area contributed by atoms with Gasteiger partial charge in [-0.25, -0.2) is 0 Å². The van der Waals surface area contributed by atoms with Gasteiger partial charge in [0.25, 0.3) is 0 Å². The van der Waals surface area contributed by atoms with E-state index in [1.54, 1.807) is 7.11 Å². The zero-order valence-corrected chi connectivity index (χ0v) is 19.5. The molecule has 1 aliphatic carbocycles. The van der Waals surface area contributed by atoms with E-state index in [1.165, 1.54) is 12.8 Å². The highest BCUT2D eigenvalue weighted by Crippen LogP contribution is 2.26. The molecule has 0 atom stereocenters. The van der Waals surface area contributed by atoms with Crippen LogP contribution in [0, 0.1) is 5.92 Å². The molecule has 1 amide bonds. The third-order valence-corrected chi connectivity index (χ3v) is 6.93. The summed E-state index contributed by atoms with van der Waals surface area (Å²) >= 11 is 0. The first-order valence-electron chi connectivity index (χ1n) is 11.7. The molecule has 0 spiro atoms. The van der Waals surface area contributed by atoms with Gasteiger partial charge in [-0.15, -0.1) is 0 Å². The molecule has 1 aromatic carbocycles. The van der Waals surface area contributed by atoms with Crippen LogP contribution in [0.5, 0.6) is 5.75 Å². The smallest absolute Gasteiger partial charge is 0.241 e. The van der Waals surface area contributed by atoms with Gasteiger partial charge in [-0.1, -0.05) is 12.1 Å². The van der Waals surface area contributed by atoms with E-state index >= 15 is 0 Å². The summed E-state index contributed by atoms with van der Waals surface area (Å²) in [6, 6.07) is 8.04. The van der Waals surface area contributed by atoms with Crippen molar-refractivity contribution < 1.29 is 14.1 Å². The Balaban J connectivity index is 1.22. The molecule has 2 fully saturated rings. The Labute approximate surface area is 190 Å². The number of methoxy groups -OCH3 is 1. The van der Waals surface area contributed by atoms with E-state index in [9.17, 15) is 4.79 Å². The molecule has 2 aromatic rings. The fourth-order valence-corrected chi connectivity index (χ4v) is 4.61. The molecule has 0 unspecified atom stereocenters. The molecule has 8 heteroatoms. The normalized spacial score (nSPS) is 22.6. The van der Waals surface area contributed by atoms with Gasteiger partial charge in [-0.05, 0) is 55.9 Å². The molecule has 8 nitrogen and oxygen atoms in total. The van der Waals surface area contributed by atoms with E-state index in [0.717, 1.165) is 56.3 Å². The Morgan fingerprint density at radius 1 is 1.09 bits per heavy atom. The second kappa shape index (κ2) is 10.4. The second-order valence-corrected chi connectivity index (χ2v) is 9.21. The van der Waals surface area contributed by atoms with Crippen molar-refractivity contribution in [2.75, 3.05) is 46.9 Å². The van der Waals surface area contributed by atoms with Crippen LogP contribution < -0.4 is 4.74 Å². The molecule has 1 saturated carbocycles. The maximum absolute atomic E-state index is 12.8. The molecule has 0 bridgehead atoms. The van der Waals surface area contributed by atoms with Crippen molar-refractivity contribution in [3.05, 3.63) is 30.2 Å². The molecule has 2 aliphatic rings. The molecule has 1 aliphatic heterocycles. The number of likely N-dealkylation sites (N-methyl/N-ethyl adjacent to an activating group) is 1. The lowest BCUT2D eigenvalue weighted by molar-refractivity contribution is -0.134. The Hall–Kier alpha value is -2.45. The number of hydrogen-bond donors (Lipinski definition) is 0. The van der Waals surface area contributed by atoms with Crippen molar-refractivity contribution in [3.8, 4) is 17.1 Å². The molecule has 1 aromatic heterocycles. The molecule has 4 rings (SSSR count). The largest absolute Gasteiger partial charge is 0.497 e. The standard InChI is InChI=1S/C24H35N5O3/c1-18-4-8-20(9-5-18)27(2)23(30)17-29-14-12-28(13-15-29)16-22-25-24(26-32-22)19-6-10-21(31-3)11-7-19/h6-7,10-11,18,20H,4-5,8-9,12-17H2,1-3H3. The van der Waals surface area contributed by atoms with Crippen molar-refractivity contribution in [2.24, 2.45) is 5.92 Å². The lowest BCUT2D eigenvalue weighted by Gasteiger charge is -2.37. The first kappa shape index (κ1) is 22.7. The van der Waals surface area contributed by atoms with E-state index in [0.29, 0.717) is 30.8 Å². The van der Waals surface area contributed by atoms with E-state index in [2.05, 4.69) is 26.9 Å². The van der Waals surface area contributed by atoms with Gasteiger partial charge in [0.1, 0.15) is 5.75 Å². The minimum absolute atomic E-state index is 0.249. The predicted molar refractivity (Wildman–Crippen MR) is 122 cm³/mol. The molecule has 0 N–H and O–H groups in total. The summed E-state index contributed by atoms with van der Waals surface area (Å²) in [5.41, 5.74) is 0.903. The average Bonchev–Trinajstić information content (AvgIpc) is 3.29. The number of benzene rings is 1. The Kier molecular flexibility index (Phi) is 7.42. The van der Waals surface area contributed by atoms with E-state index < -0.39 is 0 Å². The van der Waals surface area contributed by atoms with E-state index in [-0.39, 0.29) is 5.91 Å². The quantitative estimate of drug-likeness (QED) is 0.654. The fourth-order valence-electron chi connectivity index (χ4n) is 4.61. The van der Waals surface area contributed by atoms with Crippen LogP contribution in [-0.2, 0) is 11.3 Å². The summed E-state index contributed by atoms with van der Waals surface area (Å²) in [7, 11) is 3.63. The molecule has 2 heterocycles. The number of amides is 1. The van der Waals surface area contributed by atoms with Crippen molar-refractivity contribution >= 4 is 5.91 Å². The number of carbonyl (C=O) groups excluding carboxylic acids is 1. The summed E-state index contributed by atoms with van der Waals surface area (Å²) in [5, 5.41) is 4.12.